The maximum Gasteiger partial charge on any atom is 0.271 e. The Balaban J connectivity index is 0. The number of carbonyl (C=O) groups excluding carboxylic acids is 4. The average molecular weight is 554 g/mol. The number of nitrogens with zero attached hydrogens (tertiary/aromatic N) is 3. The van der Waals surface area contributed by atoms with Crippen LogP contribution in [0, 0.1) is 11.3 Å². The molecule has 2 amide bonds. The van der Waals surface area contributed by atoms with Gasteiger partial charge in [0.2, 0.25) is 0 Å². The summed E-state index contributed by atoms with van der Waals surface area (Å²) in [5, 5.41) is 83.4. The molecule has 0 bridgehead atoms. The third kappa shape index (κ3) is 12.9. The van der Waals surface area contributed by atoms with Crippen LogP contribution in [0.1, 0.15) is 5.56 Å². The summed E-state index contributed by atoms with van der Waals surface area (Å²) in [5.74, 6) is -7.17. The van der Waals surface area contributed by atoms with Gasteiger partial charge in [0, 0.05) is 0 Å². The number of halogens is 1. The molecule has 17 nitrogen and oxygen atoms in total. The summed E-state index contributed by atoms with van der Waals surface area (Å²) in [5.41, 5.74) is -0.765. The number of quaternary nitrogens is 2. The number of anilines is 2. The minimum atomic E-state index is -2.05. The molecular weight excluding hydrogens is 526 g/mol. The van der Waals surface area contributed by atoms with Crippen molar-refractivity contribution in [3.63, 3.8) is 0 Å². The summed E-state index contributed by atoms with van der Waals surface area (Å²) in [4.78, 5) is 42.7. The number of nitriles is 1. The maximum absolute atomic E-state index is 11.0. The first-order valence-electron chi connectivity index (χ1n) is 9.73. The number of aliphatic carboxylic acids is 2. The molecule has 0 spiro atoms. The molecule has 0 atom stereocenters. The van der Waals surface area contributed by atoms with Gasteiger partial charge in [0.15, 0.2) is 40.4 Å². The number of nitrogens with one attached hydrogen (secondary N) is 2. The molecule has 0 heterocycles. The van der Waals surface area contributed by atoms with Crippen LogP contribution in [-0.2, 0) is 19.2 Å². The van der Waals surface area contributed by atoms with E-state index in [-0.39, 0.29) is 71.3 Å². The molecule has 0 aliphatic carbocycles. The first-order chi connectivity index (χ1) is 17.1. The molecule has 1 aromatic rings. The number of benzene rings is 1. The predicted octanol–water partition coefficient (Wildman–Crippen LogP) is -5.85. The number of amides is 2. The number of hydrogen-bond donors (Lipinski definition) is 8. The highest BCUT2D eigenvalue weighted by Crippen LogP contribution is 2.32. The SMILES string of the molecule is C[N+](CO)(CO)CO.C[N+](CO)(CO)CO.N#Cc1cc(NC(=O)C(=O)[O-])c(Cl)c(NC(=O)C(=O)[O-])c1. The summed E-state index contributed by atoms with van der Waals surface area (Å²) in [6.45, 7) is -1.46. The fourth-order valence-corrected chi connectivity index (χ4v) is 1.69. The van der Waals surface area contributed by atoms with Crippen molar-refractivity contribution >= 4 is 46.7 Å². The van der Waals surface area contributed by atoms with Gasteiger partial charge in [-0.2, -0.15) is 5.26 Å². The van der Waals surface area contributed by atoms with Crippen molar-refractivity contribution in [2.75, 3.05) is 65.1 Å². The summed E-state index contributed by atoms with van der Waals surface area (Å²) in [6, 6.07) is 3.70. The highest BCUT2D eigenvalue weighted by molar-refractivity contribution is 6.42. The molecule has 0 aliphatic heterocycles. The molecule has 0 saturated carbocycles. The topological polar surface area (TPSA) is 284 Å². The van der Waals surface area contributed by atoms with E-state index in [0.29, 0.717) is 0 Å². The lowest BCUT2D eigenvalue weighted by molar-refractivity contribution is -0.960. The van der Waals surface area contributed by atoms with E-state index in [0.717, 1.165) is 12.1 Å². The minimum absolute atomic E-state index is 0.123. The van der Waals surface area contributed by atoms with Crippen molar-refractivity contribution in [2.24, 2.45) is 0 Å². The fraction of sp³-hybridized carbons (Fsp3) is 0.421. The van der Waals surface area contributed by atoms with Crippen molar-refractivity contribution in [1.82, 2.24) is 0 Å². The van der Waals surface area contributed by atoms with Crippen molar-refractivity contribution in [1.29, 1.82) is 5.26 Å². The second-order valence-electron chi connectivity index (χ2n) is 7.57. The number of carbonyl (C=O) groups is 4. The zero-order chi connectivity index (χ0) is 29.4. The second kappa shape index (κ2) is 17.1. The van der Waals surface area contributed by atoms with Crippen LogP contribution in [0.15, 0.2) is 12.1 Å². The van der Waals surface area contributed by atoms with Crippen LogP contribution in [-0.4, -0.2) is 118 Å². The molecule has 18 heteroatoms. The van der Waals surface area contributed by atoms with Gasteiger partial charge in [-0.25, -0.2) is 0 Å². The average Bonchev–Trinajstić information content (AvgIpc) is 2.90. The van der Waals surface area contributed by atoms with Gasteiger partial charge in [-0.3, -0.25) is 18.6 Å². The Morgan fingerprint density at radius 1 is 0.784 bits per heavy atom. The van der Waals surface area contributed by atoms with Gasteiger partial charge >= 0.3 is 0 Å². The van der Waals surface area contributed by atoms with Gasteiger partial charge in [-0.15, -0.1) is 0 Å². The van der Waals surface area contributed by atoms with E-state index in [2.05, 4.69) is 0 Å². The standard InChI is InChI=1S/C11H6ClN3O6.2C4H12NO3/c12-7-5(14-8(16)10(18)19)1-4(3-13)2-6(7)15-9(17)11(20)21;2*1-5(2-6,3-7)4-8/h1-2H,(H,14,16)(H,15,17)(H,18,19)(H,20,21);2*6-8H,2-4H2,1H3/q;2*+1/p-2. The zero-order valence-electron chi connectivity index (χ0n) is 19.7. The summed E-state index contributed by atoms with van der Waals surface area (Å²) in [7, 11) is 3.08. The quantitative estimate of drug-likeness (QED) is 0.0846. The molecule has 0 fully saturated rings. The number of aliphatic hydroxyl groups is 6. The molecule has 208 valence electrons. The number of aliphatic hydroxyl groups excluding tert-OH is 6. The smallest absolute Gasteiger partial charge is 0.271 e. The van der Waals surface area contributed by atoms with Gasteiger partial charge in [0.25, 0.3) is 11.8 Å². The maximum atomic E-state index is 11.0. The number of carboxylic acids is 2. The van der Waals surface area contributed by atoms with Gasteiger partial charge in [0.1, 0.15) is 11.9 Å². The number of carboxylic acid groups (broad SMARTS) is 2. The molecule has 0 aromatic heterocycles. The summed E-state index contributed by atoms with van der Waals surface area (Å²) in [6.07, 6.45) is 0. The molecule has 37 heavy (non-hydrogen) atoms. The van der Waals surface area contributed by atoms with Crippen LogP contribution in [0.3, 0.4) is 0 Å². The van der Waals surface area contributed by atoms with Crippen LogP contribution in [0.2, 0.25) is 5.02 Å². The predicted molar refractivity (Wildman–Crippen MR) is 118 cm³/mol. The third-order valence-electron chi connectivity index (χ3n) is 4.12. The Bertz CT molecular complexity index is 893. The monoisotopic (exact) mass is 553 g/mol. The molecule has 8 N–H and O–H groups in total. The first kappa shape index (κ1) is 35.7. The van der Waals surface area contributed by atoms with Gasteiger partial charge in [0.05, 0.1) is 42.1 Å². The van der Waals surface area contributed by atoms with Crippen molar-refractivity contribution in [3.05, 3.63) is 22.7 Å². The highest BCUT2D eigenvalue weighted by Gasteiger charge is 2.17. The van der Waals surface area contributed by atoms with E-state index in [1.807, 2.05) is 10.6 Å². The van der Waals surface area contributed by atoms with E-state index < -0.39 is 23.8 Å². The number of rotatable bonds is 8. The van der Waals surface area contributed by atoms with Gasteiger partial charge in [-0.1, -0.05) is 11.6 Å². The van der Waals surface area contributed by atoms with E-state index in [1.54, 1.807) is 20.2 Å². The van der Waals surface area contributed by atoms with Crippen molar-refractivity contribution < 1.29 is 69.0 Å². The highest BCUT2D eigenvalue weighted by atomic mass is 35.5. The summed E-state index contributed by atoms with van der Waals surface area (Å²) >= 11 is 5.77. The van der Waals surface area contributed by atoms with Gasteiger partial charge in [-0.05, 0) is 12.1 Å². The largest absolute Gasteiger partial charge is 0.540 e. The molecule has 0 aliphatic rings. The Morgan fingerprint density at radius 3 is 1.22 bits per heavy atom. The van der Waals surface area contributed by atoms with Crippen LogP contribution < -0.4 is 20.8 Å². The Hall–Kier alpha value is -3.44. The second-order valence-corrected chi connectivity index (χ2v) is 7.95. The molecule has 1 rings (SSSR count). The van der Waals surface area contributed by atoms with Crippen LogP contribution >= 0.6 is 11.6 Å². The minimum Gasteiger partial charge on any atom is -0.540 e. The molecule has 0 saturated heterocycles. The van der Waals surface area contributed by atoms with Gasteiger partial charge < -0.3 is 61.1 Å². The van der Waals surface area contributed by atoms with Crippen molar-refractivity contribution in [2.45, 2.75) is 0 Å². The summed E-state index contributed by atoms with van der Waals surface area (Å²) < 4.78 is -0.250. The Kier molecular flexibility index (Phi) is 16.5. The normalized spacial score (nSPS) is 10.5. The molecular formula is C19H28ClN5O12. The van der Waals surface area contributed by atoms with Crippen molar-refractivity contribution in [3.8, 4) is 6.07 Å². The first-order valence-corrected chi connectivity index (χ1v) is 10.1. The molecule has 0 radical (unpaired) electrons. The van der Waals surface area contributed by atoms with E-state index >= 15 is 0 Å². The fourth-order valence-electron chi connectivity index (χ4n) is 1.49. The molecule has 0 unspecified atom stereocenters. The Morgan fingerprint density at radius 2 is 1.05 bits per heavy atom. The van der Waals surface area contributed by atoms with E-state index in [9.17, 15) is 29.4 Å². The lowest BCUT2D eigenvalue weighted by atomic mass is 10.1. The Labute approximate surface area is 215 Å². The van der Waals surface area contributed by atoms with E-state index in [1.165, 1.54) is 0 Å². The van der Waals surface area contributed by atoms with E-state index in [4.69, 9.17) is 47.5 Å². The third-order valence-corrected chi connectivity index (χ3v) is 4.52. The lowest BCUT2D eigenvalue weighted by Gasteiger charge is -2.25. The van der Waals surface area contributed by atoms with Crippen LogP contribution in [0.25, 0.3) is 0 Å². The van der Waals surface area contributed by atoms with Crippen LogP contribution in [0.5, 0.6) is 0 Å². The van der Waals surface area contributed by atoms with Crippen LogP contribution in [0.4, 0.5) is 11.4 Å². The lowest BCUT2D eigenvalue weighted by Crippen LogP contribution is -2.46. The number of hydrogen-bond acceptors (Lipinski definition) is 13. The zero-order valence-corrected chi connectivity index (χ0v) is 20.5. The molecule has 1 aromatic carbocycles.